The fourth-order valence-corrected chi connectivity index (χ4v) is 2.96. The summed E-state index contributed by atoms with van der Waals surface area (Å²) >= 11 is 0. The third-order valence-electron chi connectivity index (χ3n) is 4.55. The summed E-state index contributed by atoms with van der Waals surface area (Å²) in [5, 5.41) is 0. The molecule has 1 aromatic carbocycles. The van der Waals surface area contributed by atoms with Crippen LogP contribution >= 0.6 is 0 Å². The Balaban J connectivity index is 1.93. The Morgan fingerprint density at radius 2 is 2.17 bits per heavy atom. The van der Waals surface area contributed by atoms with Crippen molar-refractivity contribution >= 4 is 11.5 Å². The molecule has 0 N–H and O–H groups in total. The van der Waals surface area contributed by atoms with Crippen molar-refractivity contribution in [1.29, 1.82) is 0 Å². The van der Waals surface area contributed by atoms with Gasteiger partial charge >= 0.3 is 0 Å². The molecule has 1 heterocycles. The third-order valence-corrected chi connectivity index (χ3v) is 4.55. The number of hydrogen-bond acceptors (Lipinski definition) is 2. The van der Waals surface area contributed by atoms with Crippen molar-refractivity contribution in [1.82, 2.24) is 0 Å². The smallest absolute Gasteiger partial charge is 0.159 e. The molecule has 0 spiro atoms. The Labute approximate surface area is 143 Å². The van der Waals surface area contributed by atoms with Crippen LogP contribution in [-0.2, 0) is 0 Å². The lowest BCUT2D eigenvalue weighted by atomic mass is 9.90. The molecule has 0 saturated carbocycles. The molecule has 2 nitrogen and oxygen atoms in total. The van der Waals surface area contributed by atoms with E-state index in [1.165, 1.54) is 11.3 Å². The lowest BCUT2D eigenvalue weighted by molar-refractivity contribution is 0.101. The average Bonchev–Trinajstić information content (AvgIpc) is 2.74. The zero-order valence-corrected chi connectivity index (χ0v) is 14.4. The van der Waals surface area contributed by atoms with Crippen LogP contribution < -0.4 is 0 Å². The van der Waals surface area contributed by atoms with E-state index in [1.54, 1.807) is 6.92 Å². The van der Waals surface area contributed by atoms with Gasteiger partial charge < -0.3 is 0 Å². The molecule has 0 aromatic heterocycles. The molecule has 2 bridgehead atoms. The zero-order chi connectivity index (χ0) is 17.1. The minimum atomic E-state index is 0.0639. The Kier molecular flexibility index (Phi) is 4.62. The summed E-state index contributed by atoms with van der Waals surface area (Å²) < 4.78 is 0. The van der Waals surface area contributed by atoms with E-state index in [1.807, 2.05) is 31.3 Å². The maximum Gasteiger partial charge on any atom is 0.159 e. The van der Waals surface area contributed by atoms with Crippen LogP contribution in [0.3, 0.4) is 0 Å². The first-order valence-corrected chi connectivity index (χ1v) is 8.36. The van der Waals surface area contributed by atoms with Gasteiger partial charge in [-0.05, 0) is 37.5 Å². The number of fused-ring (bicyclic) bond motifs is 2. The molecule has 1 atom stereocenters. The maximum atomic E-state index is 11.6. The van der Waals surface area contributed by atoms with Crippen molar-refractivity contribution in [2.24, 2.45) is 10.9 Å². The largest absolute Gasteiger partial charge is 0.295 e. The summed E-state index contributed by atoms with van der Waals surface area (Å²) in [7, 11) is 0. The molecule has 120 valence electrons. The van der Waals surface area contributed by atoms with Crippen LogP contribution in [0.25, 0.3) is 0 Å². The Bertz CT molecular complexity index is 869. The first-order valence-electron chi connectivity index (χ1n) is 8.36. The molecule has 2 aliphatic rings. The van der Waals surface area contributed by atoms with Crippen molar-refractivity contribution < 1.29 is 4.79 Å². The Morgan fingerprint density at radius 3 is 2.92 bits per heavy atom. The summed E-state index contributed by atoms with van der Waals surface area (Å²) in [6.45, 7) is 5.76. The third kappa shape index (κ3) is 3.31. The van der Waals surface area contributed by atoms with Crippen molar-refractivity contribution in [2.75, 3.05) is 0 Å². The number of ketones is 1. The number of hydrogen-bond donors (Lipinski definition) is 0. The molecule has 2 heteroatoms. The Morgan fingerprint density at radius 1 is 1.33 bits per heavy atom. The Hall–Kier alpha value is -2.66. The SMILES string of the molecule is CCC1=CC=CC2CC1=NC=C2C#Cc1cc(C(C)=O)ccc1C. The molecule has 3 rings (SSSR count). The number of aliphatic imine (C=N–C) groups is 1. The second kappa shape index (κ2) is 6.84. The average molecular weight is 315 g/mol. The van der Waals surface area contributed by atoms with Crippen LogP contribution in [0, 0.1) is 24.7 Å². The second-order valence-electron chi connectivity index (χ2n) is 6.24. The molecular weight excluding hydrogens is 294 g/mol. The van der Waals surface area contributed by atoms with E-state index >= 15 is 0 Å². The molecule has 1 aromatic rings. The van der Waals surface area contributed by atoms with Gasteiger partial charge in [0.15, 0.2) is 5.78 Å². The molecule has 1 unspecified atom stereocenters. The number of allylic oxidation sites excluding steroid dienone is 5. The predicted molar refractivity (Wildman–Crippen MR) is 99.2 cm³/mol. The maximum absolute atomic E-state index is 11.6. The van der Waals surface area contributed by atoms with Gasteiger partial charge in [-0.1, -0.05) is 49.1 Å². The molecule has 0 radical (unpaired) electrons. The van der Waals surface area contributed by atoms with E-state index < -0.39 is 0 Å². The van der Waals surface area contributed by atoms with E-state index in [0.29, 0.717) is 11.5 Å². The van der Waals surface area contributed by atoms with Crippen LogP contribution in [-0.4, -0.2) is 11.5 Å². The van der Waals surface area contributed by atoms with E-state index in [-0.39, 0.29) is 5.78 Å². The topological polar surface area (TPSA) is 29.4 Å². The zero-order valence-electron chi connectivity index (χ0n) is 14.4. The van der Waals surface area contributed by atoms with Gasteiger partial charge in [-0.25, -0.2) is 0 Å². The first-order chi connectivity index (χ1) is 11.6. The highest BCUT2D eigenvalue weighted by Crippen LogP contribution is 2.28. The number of rotatable bonds is 2. The monoisotopic (exact) mass is 315 g/mol. The van der Waals surface area contributed by atoms with E-state index in [0.717, 1.165) is 29.5 Å². The summed E-state index contributed by atoms with van der Waals surface area (Å²) in [6, 6.07) is 5.68. The van der Waals surface area contributed by atoms with Gasteiger partial charge in [-0.3, -0.25) is 9.79 Å². The highest BCUT2D eigenvalue weighted by Gasteiger charge is 2.20. The van der Waals surface area contributed by atoms with Gasteiger partial charge in [0.05, 0.1) is 0 Å². The van der Waals surface area contributed by atoms with E-state index in [4.69, 9.17) is 0 Å². The highest BCUT2D eigenvalue weighted by atomic mass is 16.1. The van der Waals surface area contributed by atoms with Crippen LogP contribution in [0.15, 0.2) is 58.8 Å². The van der Waals surface area contributed by atoms with E-state index in [9.17, 15) is 4.79 Å². The second-order valence-corrected chi connectivity index (χ2v) is 6.24. The van der Waals surface area contributed by atoms with Crippen molar-refractivity contribution in [2.45, 2.75) is 33.6 Å². The molecule has 0 fully saturated rings. The van der Waals surface area contributed by atoms with Crippen LogP contribution in [0.2, 0.25) is 0 Å². The van der Waals surface area contributed by atoms with Crippen LogP contribution in [0.5, 0.6) is 0 Å². The molecule has 0 amide bonds. The van der Waals surface area contributed by atoms with Gasteiger partial charge in [-0.2, -0.15) is 0 Å². The number of nitrogens with zero attached hydrogens (tertiary/aromatic N) is 1. The summed E-state index contributed by atoms with van der Waals surface area (Å²) in [5.41, 5.74) is 6.21. The summed E-state index contributed by atoms with van der Waals surface area (Å²) in [5.74, 6) is 6.87. The standard InChI is InChI=1S/C22H21NO/c1-4-17-6-5-7-20-13-22(17)23-14-21(20)11-10-18-12-19(16(3)24)9-8-15(18)2/h5-9,12,14,20H,4,13H2,1-3H3. The normalized spacial score (nSPS) is 18.6. The number of carbonyl (C=O) groups is 1. The molecule has 1 aliphatic carbocycles. The fourth-order valence-electron chi connectivity index (χ4n) is 2.96. The number of Topliss-reactive ketones (excluding diaryl/α,β-unsaturated/α-hetero) is 1. The minimum Gasteiger partial charge on any atom is -0.295 e. The highest BCUT2D eigenvalue weighted by molar-refractivity contribution is 6.02. The van der Waals surface area contributed by atoms with Gasteiger partial charge in [-0.15, -0.1) is 0 Å². The number of aryl methyl sites for hydroxylation is 1. The number of benzene rings is 1. The lowest BCUT2D eigenvalue weighted by Gasteiger charge is -2.17. The van der Waals surface area contributed by atoms with Crippen molar-refractivity contribution in [3.8, 4) is 11.8 Å². The van der Waals surface area contributed by atoms with Gasteiger partial charge in [0.2, 0.25) is 0 Å². The quantitative estimate of drug-likeness (QED) is 0.569. The minimum absolute atomic E-state index is 0.0639. The molecule has 1 aliphatic heterocycles. The lowest BCUT2D eigenvalue weighted by Crippen LogP contribution is -2.13. The van der Waals surface area contributed by atoms with Gasteiger partial charge in [0, 0.05) is 41.0 Å². The predicted octanol–water partition coefficient (Wildman–Crippen LogP) is 4.80. The first kappa shape index (κ1) is 16.2. The van der Waals surface area contributed by atoms with Crippen LogP contribution in [0.4, 0.5) is 0 Å². The van der Waals surface area contributed by atoms with Crippen LogP contribution in [0.1, 0.15) is 48.2 Å². The number of carbonyl (C=O) groups excluding carboxylic acids is 1. The molecule has 0 saturated heterocycles. The molecular formula is C22H21NO. The van der Waals surface area contributed by atoms with Gasteiger partial charge in [0.1, 0.15) is 0 Å². The molecule has 24 heavy (non-hydrogen) atoms. The summed E-state index contributed by atoms with van der Waals surface area (Å²) in [6.07, 6.45) is 10.3. The van der Waals surface area contributed by atoms with Crippen molar-refractivity contribution in [3.63, 3.8) is 0 Å². The summed E-state index contributed by atoms with van der Waals surface area (Å²) in [4.78, 5) is 16.2. The van der Waals surface area contributed by atoms with E-state index in [2.05, 4.69) is 42.0 Å². The fraction of sp³-hybridized carbons (Fsp3) is 0.273. The van der Waals surface area contributed by atoms with Gasteiger partial charge in [0.25, 0.3) is 0 Å². The van der Waals surface area contributed by atoms with Crippen molar-refractivity contribution in [3.05, 3.63) is 70.5 Å².